The number of Topliss-reactive ketones (excluding diaryl/α,β-unsaturated/α-hetero) is 1. The van der Waals surface area contributed by atoms with Crippen molar-refractivity contribution in [3.05, 3.63) is 130 Å². The van der Waals surface area contributed by atoms with Gasteiger partial charge in [-0.1, -0.05) is 54.6 Å². The van der Waals surface area contributed by atoms with Crippen LogP contribution in [0.3, 0.4) is 0 Å². The van der Waals surface area contributed by atoms with Gasteiger partial charge in [0.25, 0.3) is 0 Å². The first-order chi connectivity index (χ1) is 19.9. The molecule has 2 aliphatic carbocycles. The molecule has 4 aliphatic rings. The van der Waals surface area contributed by atoms with E-state index < -0.39 is 0 Å². The Morgan fingerprint density at radius 3 is 2.63 bits per heavy atom. The molecule has 2 heterocycles. The Morgan fingerprint density at radius 1 is 1.00 bits per heavy atom. The van der Waals surface area contributed by atoms with Gasteiger partial charge in [0.15, 0.2) is 5.78 Å². The van der Waals surface area contributed by atoms with Gasteiger partial charge in [-0.25, -0.2) is 9.38 Å². The maximum Gasteiger partial charge on any atom is 0.213 e. The molecule has 204 valence electrons. The lowest BCUT2D eigenvalue weighted by atomic mass is 9.74. The summed E-state index contributed by atoms with van der Waals surface area (Å²) in [5, 5.41) is 5.61. The molecule has 0 radical (unpaired) electrons. The highest BCUT2D eigenvalue weighted by molar-refractivity contribution is 6.16. The molecule has 0 bridgehead atoms. The minimum atomic E-state index is -0.385. The number of nitrogens with zero attached hydrogens (tertiary/aromatic N) is 1. The van der Waals surface area contributed by atoms with Crippen LogP contribution in [0.1, 0.15) is 47.7 Å². The third kappa shape index (κ3) is 4.55. The minimum absolute atomic E-state index is 0.00749. The van der Waals surface area contributed by atoms with E-state index in [2.05, 4.69) is 67.7 Å². The summed E-state index contributed by atoms with van der Waals surface area (Å²) in [6, 6.07) is 18.8. The summed E-state index contributed by atoms with van der Waals surface area (Å²) >= 11 is 0. The second-order valence-corrected chi connectivity index (χ2v) is 11.8. The number of hydrogen-bond acceptors (Lipinski definition) is 4. The lowest BCUT2D eigenvalue weighted by Crippen LogP contribution is -2.42. The fraction of sp³-hybridized carbons (Fsp3) is 0.222. The average Bonchev–Trinajstić information content (AvgIpc) is 3.16. The first-order valence-electron chi connectivity index (χ1n) is 14.2. The summed E-state index contributed by atoms with van der Waals surface area (Å²) in [4.78, 5) is 18.9. The van der Waals surface area contributed by atoms with Gasteiger partial charge in [-0.2, -0.15) is 0 Å². The molecule has 0 amide bonds. The lowest BCUT2D eigenvalue weighted by Gasteiger charge is -2.30. The Hall–Kier alpha value is -4.51. The standard InChI is InChI=1S/C36H31FN2O2/c1-36(2)21-41-35(39-36)31-18-23-8-5-6-9-26(23)28-16-15-27-29(32-10-4-3-7-17-38-32)19-24(20-30(27)33(28)31)34(40)22-11-13-25(37)14-12-22/h3-17,20,24,29,38H,18-19,21H2,1-2H3. The third-order valence-electron chi connectivity index (χ3n) is 8.40. The molecule has 0 fully saturated rings. The van der Waals surface area contributed by atoms with Gasteiger partial charge in [-0.15, -0.1) is 0 Å². The van der Waals surface area contributed by atoms with Crippen LogP contribution in [0.4, 0.5) is 4.39 Å². The van der Waals surface area contributed by atoms with Crippen molar-refractivity contribution in [2.75, 3.05) is 6.61 Å². The van der Waals surface area contributed by atoms with Crippen LogP contribution in [0.15, 0.2) is 102 Å². The molecule has 0 saturated heterocycles. The van der Waals surface area contributed by atoms with E-state index in [4.69, 9.17) is 9.73 Å². The molecular formula is C36H31FN2O2. The van der Waals surface area contributed by atoms with Gasteiger partial charge in [0.1, 0.15) is 12.4 Å². The molecule has 4 nitrogen and oxygen atoms in total. The van der Waals surface area contributed by atoms with Gasteiger partial charge in [0.2, 0.25) is 5.90 Å². The van der Waals surface area contributed by atoms with Gasteiger partial charge < -0.3 is 10.1 Å². The van der Waals surface area contributed by atoms with Crippen LogP contribution >= 0.6 is 0 Å². The van der Waals surface area contributed by atoms with E-state index in [9.17, 15) is 9.18 Å². The van der Waals surface area contributed by atoms with Gasteiger partial charge in [-0.05, 0) is 89.4 Å². The Morgan fingerprint density at radius 2 is 1.83 bits per heavy atom. The molecule has 0 spiro atoms. The highest BCUT2D eigenvalue weighted by atomic mass is 19.1. The first-order valence-corrected chi connectivity index (χ1v) is 14.2. The maximum atomic E-state index is 13.9. The van der Waals surface area contributed by atoms with E-state index in [0.717, 1.165) is 27.3 Å². The smallest absolute Gasteiger partial charge is 0.213 e. The van der Waals surface area contributed by atoms with E-state index in [1.807, 2.05) is 24.4 Å². The Balaban J connectivity index is 1.51. The number of nitrogens with one attached hydrogen (secondary N) is 1. The molecule has 2 unspecified atom stereocenters. The highest BCUT2D eigenvalue weighted by Crippen LogP contribution is 2.36. The van der Waals surface area contributed by atoms with Crippen molar-refractivity contribution in [3.63, 3.8) is 0 Å². The van der Waals surface area contributed by atoms with Crippen LogP contribution in [0.25, 0.3) is 22.8 Å². The van der Waals surface area contributed by atoms with Gasteiger partial charge in [-0.3, -0.25) is 4.79 Å². The van der Waals surface area contributed by atoms with Crippen molar-refractivity contribution in [1.29, 1.82) is 0 Å². The molecule has 2 aliphatic heterocycles. The molecule has 0 saturated carbocycles. The number of hydrogen-bond donors (Lipinski definition) is 1. The van der Waals surface area contributed by atoms with E-state index in [-0.39, 0.29) is 29.0 Å². The van der Waals surface area contributed by atoms with Crippen molar-refractivity contribution < 1.29 is 13.9 Å². The summed E-state index contributed by atoms with van der Waals surface area (Å²) in [7, 11) is 0. The number of ketones is 1. The highest BCUT2D eigenvalue weighted by Gasteiger charge is 2.34. The minimum Gasteiger partial charge on any atom is -0.475 e. The number of benzene rings is 3. The third-order valence-corrected chi connectivity index (χ3v) is 8.40. The van der Waals surface area contributed by atoms with Crippen LogP contribution in [-0.2, 0) is 11.2 Å². The van der Waals surface area contributed by atoms with Crippen LogP contribution in [0.2, 0.25) is 0 Å². The van der Waals surface area contributed by atoms with E-state index in [1.165, 1.54) is 28.8 Å². The number of aliphatic imine (C=N–C) groups is 1. The zero-order valence-corrected chi connectivity index (χ0v) is 23.2. The SMILES string of the molecule is CC1(C)COC(C2=c3c(ccc4c3=CC(C(=O)c3ccc(F)cc3)CC4C3=CC=CC=CN3)-c3ccccc3C2)=N1. The van der Waals surface area contributed by atoms with Crippen LogP contribution in [0, 0.1) is 11.7 Å². The summed E-state index contributed by atoms with van der Waals surface area (Å²) < 4.78 is 20.0. The largest absolute Gasteiger partial charge is 0.475 e. The van der Waals surface area contributed by atoms with Crippen molar-refractivity contribution in [2.24, 2.45) is 10.9 Å². The molecule has 41 heavy (non-hydrogen) atoms. The summed E-state index contributed by atoms with van der Waals surface area (Å²) in [6.45, 7) is 4.71. The quantitative estimate of drug-likeness (QED) is 0.429. The predicted octanol–water partition coefficient (Wildman–Crippen LogP) is 5.73. The molecule has 7 rings (SSSR count). The number of ether oxygens (including phenoxy) is 1. The van der Waals surface area contributed by atoms with Crippen molar-refractivity contribution in [1.82, 2.24) is 5.32 Å². The fourth-order valence-electron chi connectivity index (χ4n) is 6.45. The number of halogens is 1. The van der Waals surface area contributed by atoms with E-state index >= 15 is 0 Å². The van der Waals surface area contributed by atoms with Crippen molar-refractivity contribution in [3.8, 4) is 11.1 Å². The number of fused-ring (bicyclic) bond motifs is 5. The summed E-state index contributed by atoms with van der Waals surface area (Å²) in [5.74, 6) is -0.0928. The van der Waals surface area contributed by atoms with Gasteiger partial charge >= 0.3 is 0 Å². The molecule has 2 atom stereocenters. The molecule has 0 aromatic heterocycles. The van der Waals surface area contributed by atoms with Crippen molar-refractivity contribution >= 4 is 23.3 Å². The second kappa shape index (κ2) is 9.84. The molecule has 1 N–H and O–H groups in total. The zero-order chi connectivity index (χ0) is 28.1. The second-order valence-electron chi connectivity index (χ2n) is 11.8. The van der Waals surface area contributed by atoms with Gasteiger partial charge in [0.05, 0.1) is 5.54 Å². The molecule has 3 aromatic rings. The average molecular weight is 543 g/mol. The number of rotatable bonds is 4. The monoisotopic (exact) mass is 542 g/mol. The number of carbonyl (C=O) groups excluding carboxylic acids is 1. The van der Waals surface area contributed by atoms with E-state index in [1.54, 1.807) is 12.1 Å². The lowest BCUT2D eigenvalue weighted by molar-refractivity contribution is 0.0943. The Bertz CT molecular complexity index is 1830. The normalized spacial score (nSPS) is 21.7. The zero-order valence-electron chi connectivity index (χ0n) is 23.2. The van der Waals surface area contributed by atoms with Crippen LogP contribution in [-0.4, -0.2) is 23.8 Å². The maximum absolute atomic E-state index is 13.9. The Labute approximate surface area is 239 Å². The fourth-order valence-corrected chi connectivity index (χ4v) is 6.45. The summed E-state index contributed by atoms with van der Waals surface area (Å²) in [6.07, 6.45) is 13.4. The summed E-state index contributed by atoms with van der Waals surface area (Å²) in [5.41, 5.74) is 7.05. The first kappa shape index (κ1) is 25.5. The Kier molecular flexibility index (Phi) is 6.11. The number of allylic oxidation sites excluding steroid dienone is 5. The van der Waals surface area contributed by atoms with Crippen LogP contribution in [0.5, 0.6) is 0 Å². The molecule has 3 aromatic carbocycles. The number of carbonyl (C=O) groups is 1. The topological polar surface area (TPSA) is 50.7 Å². The van der Waals surface area contributed by atoms with Crippen molar-refractivity contribution in [2.45, 2.75) is 38.1 Å². The molecular weight excluding hydrogens is 511 g/mol. The predicted molar refractivity (Wildman–Crippen MR) is 161 cm³/mol. The molecule has 5 heteroatoms. The van der Waals surface area contributed by atoms with Crippen LogP contribution < -0.4 is 15.8 Å². The van der Waals surface area contributed by atoms with E-state index in [0.29, 0.717) is 30.9 Å². The van der Waals surface area contributed by atoms with Gasteiger partial charge in [0, 0.05) is 41.3 Å².